The maximum Gasteiger partial charge on any atom is 0.420 e. The second-order valence-electron chi connectivity index (χ2n) is 5.21. The molecule has 0 radical (unpaired) electrons. The van der Waals surface area contributed by atoms with Gasteiger partial charge in [-0.3, -0.25) is 0 Å². The SMILES string of the molecule is Nc1cc(C(F)(F)F)c(Oc2ccccc2)cc1Oc1ccccc1. The smallest absolute Gasteiger partial charge is 0.420 e. The van der Waals surface area contributed by atoms with Crippen LogP contribution in [0.2, 0.25) is 0 Å². The summed E-state index contributed by atoms with van der Waals surface area (Å²) in [4.78, 5) is 0. The van der Waals surface area contributed by atoms with E-state index in [9.17, 15) is 13.2 Å². The molecule has 0 bridgehead atoms. The van der Waals surface area contributed by atoms with Gasteiger partial charge in [0.1, 0.15) is 22.8 Å². The minimum Gasteiger partial charge on any atom is -0.457 e. The second-order valence-corrected chi connectivity index (χ2v) is 5.21. The quantitative estimate of drug-likeness (QED) is 0.601. The summed E-state index contributed by atoms with van der Waals surface area (Å²) < 4.78 is 50.9. The lowest BCUT2D eigenvalue weighted by molar-refractivity contribution is -0.138. The fraction of sp³-hybridized carbons (Fsp3) is 0.0526. The van der Waals surface area contributed by atoms with E-state index in [1.165, 1.54) is 0 Å². The Balaban J connectivity index is 2.02. The van der Waals surface area contributed by atoms with E-state index in [0.29, 0.717) is 5.75 Å². The fourth-order valence-electron chi connectivity index (χ4n) is 2.20. The van der Waals surface area contributed by atoms with Gasteiger partial charge in [-0.1, -0.05) is 36.4 Å². The topological polar surface area (TPSA) is 44.5 Å². The Morgan fingerprint density at radius 2 is 1.16 bits per heavy atom. The van der Waals surface area contributed by atoms with Crippen molar-refractivity contribution in [3.05, 3.63) is 78.4 Å². The van der Waals surface area contributed by atoms with Crippen molar-refractivity contribution in [1.82, 2.24) is 0 Å². The third kappa shape index (κ3) is 4.03. The van der Waals surface area contributed by atoms with Crippen LogP contribution in [0.5, 0.6) is 23.0 Å². The molecular weight excluding hydrogens is 331 g/mol. The summed E-state index contributed by atoms with van der Waals surface area (Å²) >= 11 is 0. The highest BCUT2D eigenvalue weighted by molar-refractivity contribution is 5.61. The zero-order chi connectivity index (χ0) is 17.9. The van der Waals surface area contributed by atoms with Gasteiger partial charge in [0.25, 0.3) is 0 Å². The maximum absolute atomic E-state index is 13.3. The van der Waals surface area contributed by atoms with Crippen LogP contribution in [-0.4, -0.2) is 0 Å². The van der Waals surface area contributed by atoms with E-state index in [4.69, 9.17) is 15.2 Å². The molecule has 0 aliphatic carbocycles. The van der Waals surface area contributed by atoms with Gasteiger partial charge in [0, 0.05) is 6.07 Å². The van der Waals surface area contributed by atoms with Crippen LogP contribution in [0.25, 0.3) is 0 Å². The molecule has 3 aromatic carbocycles. The summed E-state index contributed by atoms with van der Waals surface area (Å²) in [7, 11) is 0. The Hall–Kier alpha value is -3.15. The minimum absolute atomic E-state index is 0.0881. The molecule has 2 N–H and O–H groups in total. The molecule has 128 valence electrons. The second kappa shape index (κ2) is 6.76. The number of para-hydroxylation sites is 2. The van der Waals surface area contributed by atoms with Crippen LogP contribution in [0.4, 0.5) is 18.9 Å². The predicted octanol–water partition coefficient (Wildman–Crippen LogP) is 5.87. The highest BCUT2D eigenvalue weighted by Crippen LogP contribution is 2.43. The van der Waals surface area contributed by atoms with Gasteiger partial charge in [-0.05, 0) is 30.3 Å². The van der Waals surface area contributed by atoms with Crippen LogP contribution in [-0.2, 0) is 6.18 Å². The Bertz CT molecular complexity index is 850. The van der Waals surface area contributed by atoms with E-state index >= 15 is 0 Å². The largest absolute Gasteiger partial charge is 0.457 e. The highest BCUT2D eigenvalue weighted by Gasteiger charge is 2.35. The molecule has 0 heterocycles. The Kier molecular flexibility index (Phi) is 4.52. The first-order valence-corrected chi connectivity index (χ1v) is 7.40. The minimum atomic E-state index is -4.61. The Morgan fingerprint density at radius 1 is 0.680 bits per heavy atom. The number of nitrogens with two attached hydrogens (primary N) is 1. The van der Waals surface area contributed by atoms with Crippen molar-refractivity contribution >= 4 is 5.69 Å². The standard InChI is InChI=1S/C19H14F3NO2/c20-19(21,22)15-11-16(23)18(25-14-9-5-2-6-10-14)12-17(15)24-13-7-3-1-4-8-13/h1-12H,23H2. The molecule has 6 heteroatoms. The van der Waals surface area contributed by atoms with Crippen molar-refractivity contribution in [1.29, 1.82) is 0 Å². The third-order valence-electron chi connectivity index (χ3n) is 3.36. The van der Waals surface area contributed by atoms with Crippen LogP contribution in [0, 0.1) is 0 Å². The molecule has 3 aromatic rings. The van der Waals surface area contributed by atoms with Gasteiger partial charge in [0.05, 0.1) is 5.69 Å². The van der Waals surface area contributed by atoms with Gasteiger partial charge in [0.2, 0.25) is 0 Å². The summed E-state index contributed by atoms with van der Waals surface area (Å²) in [6, 6.07) is 18.8. The summed E-state index contributed by atoms with van der Waals surface area (Å²) in [5, 5.41) is 0. The molecule has 0 aromatic heterocycles. The summed E-state index contributed by atoms with van der Waals surface area (Å²) in [5.74, 6) is 0.451. The molecule has 0 aliphatic rings. The van der Waals surface area contributed by atoms with Gasteiger partial charge in [-0.2, -0.15) is 13.2 Å². The van der Waals surface area contributed by atoms with Crippen LogP contribution in [0.1, 0.15) is 5.56 Å². The van der Waals surface area contributed by atoms with Gasteiger partial charge in [-0.15, -0.1) is 0 Å². The van der Waals surface area contributed by atoms with E-state index in [1.807, 2.05) is 0 Å². The van der Waals surface area contributed by atoms with Gasteiger partial charge in [0.15, 0.2) is 5.75 Å². The van der Waals surface area contributed by atoms with E-state index in [-0.39, 0.29) is 22.9 Å². The molecular formula is C19H14F3NO2. The first kappa shape index (κ1) is 16.7. The molecule has 0 amide bonds. The van der Waals surface area contributed by atoms with Gasteiger partial charge < -0.3 is 15.2 Å². The lowest BCUT2D eigenvalue weighted by Crippen LogP contribution is -2.09. The average molecular weight is 345 g/mol. The fourth-order valence-corrected chi connectivity index (χ4v) is 2.20. The molecule has 0 saturated heterocycles. The van der Waals surface area contributed by atoms with Crippen molar-refractivity contribution in [2.75, 3.05) is 5.73 Å². The summed E-state index contributed by atoms with van der Waals surface area (Å²) in [6.07, 6.45) is -4.61. The van der Waals surface area contributed by atoms with E-state index < -0.39 is 11.7 Å². The van der Waals surface area contributed by atoms with Crippen molar-refractivity contribution < 1.29 is 22.6 Å². The number of rotatable bonds is 4. The first-order valence-electron chi connectivity index (χ1n) is 7.40. The number of ether oxygens (including phenoxy) is 2. The van der Waals surface area contributed by atoms with Crippen molar-refractivity contribution in [3.8, 4) is 23.0 Å². The molecule has 0 fully saturated rings. The predicted molar refractivity (Wildman–Crippen MR) is 88.9 cm³/mol. The third-order valence-corrected chi connectivity index (χ3v) is 3.36. The van der Waals surface area contributed by atoms with Crippen LogP contribution in [0.3, 0.4) is 0 Å². The van der Waals surface area contributed by atoms with E-state index in [1.54, 1.807) is 60.7 Å². The lowest BCUT2D eigenvalue weighted by atomic mass is 10.1. The van der Waals surface area contributed by atoms with Crippen LogP contribution < -0.4 is 15.2 Å². The van der Waals surface area contributed by atoms with Crippen molar-refractivity contribution in [3.63, 3.8) is 0 Å². The lowest BCUT2D eigenvalue weighted by Gasteiger charge is -2.17. The number of alkyl halides is 3. The van der Waals surface area contributed by atoms with E-state index in [0.717, 1.165) is 12.1 Å². The van der Waals surface area contributed by atoms with Crippen molar-refractivity contribution in [2.24, 2.45) is 0 Å². The van der Waals surface area contributed by atoms with Gasteiger partial charge in [-0.25, -0.2) is 0 Å². The average Bonchev–Trinajstić information content (AvgIpc) is 2.58. The number of nitrogen functional groups attached to an aromatic ring is 1. The Morgan fingerprint density at radius 3 is 1.64 bits per heavy atom. The molecule has 0 spiro atoms. The number of anilines is 1. The normalized spacial score (nSPS) is 11.2. The number of hydrogen-bond acceptors (Lipinski definition) is 3. The molecule has 0 atom stereocenters. The summed E-state index contributed by atoms with van der Waals surface area (Å²) in [6.45, 7) is 0. The molecule has 3 nitrogen and oxygen atoms in total. The summed E-state index contributed by atoms with van der Waals surface area (Å²) in [5.41, 5.74) is 4.66. The molecule has 0 unspecified atom stereocenters. The number of hydrogen-bond donors (Lipinski definition) is 1. The highest BCUT2D eigenvalue weighted by atomic mass is 19.4. The van der Waals surface area contributed by atoms with Crippen molar-refractivity contribution in [2.45, 2.75) is 6.18 Å². The van der Waals surface area contributed by atoms with Crippen LogP contribution >= 0.6 is 0 Å². The monoisotopic (exact) mass is 345 g/mol. The molecule has 25 heavy (non-hydrogen) atoms. The number of benzene rings is 3. The first-order chi connectivity index (χ1) is 11.9. The molecule has 0 aliphatic heterocycles. The molecule has 3 rings (SSSR count). The molecule has 0 saturated carbocycles. The van der Waals surface area contributed by atoms with E-state index in [2.05, 4.69) is 0 Å². The van der Waals surface area contributed by atoms with Gasteiger partial charge >= 0.3 is 6.18 Å². The number of halogens is 3. The zero-order valence-electron chi connectivity index (χ0n) is 13.0. The Labute approximate surface area is 142 Å². The maximum atomic E-state index is 13.3. The van der Waals surface area contributed by atoms with Crippen LogP contribution in [0.15, 0.2) is 72.8 Å². The zero-order valence-corrected chi connectivity index (χ0v) is 13.0.